The summed E-state index contributed by atoms with van der Waals surface area (Å²) in [6.45, 7) is 1.94. The van der Waals surface area contributed by atoms with Crippen LogP contribution in [0.2, 0.25) is 0 Å². The molecule has 0 atom stereocenters. The first kappa shape index (κ1) is 16.4. The molecular formula is C19H19N3O4. The van der Waals surface area contributed by atoms with Gasteiger partial charge in [-0.1, -0.05) is 0 Å². The molecule has 1 amide bonds. The normalized spacial score (nSPS) is 13.3. The van der Waals surface area contributed by atoms with Gasteiger partial charge in [-0.25, -0.2) is 4.98 Å². The van der Waals surface area contributed by atoms with Gasteiger partial charge in [-0.2, -0.15) is 0 Å². The zero-order valence-electron chi connectivity index (χ0n) is 14.4. The Hall–Kier alpha value is -3.06. The summed E-state index contributed by atoms with van der Waals surface area (Å²) >= 11 is 0. The maximum atomic E-state index is 12.1. The summed E-state index contributed by atoms with van der Waals surface area (Å²) in [6.07, 6.45) is 0. The molecule has 7 heteroatoms. The molecule has 0 radical (unpaired) electrons. The summed E-state index contributed by atoms with van der Waals surface area (Å²) in [4.78, 5) is 16.7. The molecule has 26 heavy (non-hydrogen) atoms. The van der Waals surface area contributed by atoms with Crippen LogP contribution in [-0.2, 0) is 22.7 Å². The van der Waals surface area contributed by atoms with Crippen molar-refractivity contribution in [3.05, 3.63) is 48.3 Å². The monoisotopic (exact) mass is 353 g/mol. The van der Waals surface area contributed by atoms with E-state index >= 15 is 0 Å². The molecule has 1 aliphatic rings. The van der Waals surface area contributed by atoms with Crippen molar-refractivity contribution >= 4 is 22.6 Å². The number of amides is 1. The van der Waals surface area contributed by atoms with Crippen molar-refractivity contribution in [3.63, 3.8) is 0 Å². The van der Waals surface area contributed by atoms with Crippen LogP contribution < -0.4 is 14.8 Å². The molecular weight excluding hydrogens is 334 g/mol. The van der Waals surface area contributed by atoms with E-state index in [4.69, 9.17) is 14.2 Å². The van der Waals surface area contributed by atoms with Crippen molar-refractivity contribution in [3.8, 4) is 11.5 Å². The zero-order chi connectivity index (χ0) is 17.9. The smallest absolute Gasteiger partial charge is 0.262 e. The fourth-order valence-electron chi connectivity index (χ4n) is 2.95. The summed E-state index contributed by atoms with van der Waals surface area (Å²) in [7, 11) is 1.60. The topological polar surface area (TPSA) is 74.6 Å². The fraction of sp³-hybridized carbons (Fsp3) is 0.263. The van der Waals surface area contributed by atoms with Gasteiger partial charge in [0.1, 0.15) is 23.9 Å². The predicted octanol–water partition coefficient (Wildman–Crippen LogP) is 2.59. The van der Waals surface area contributed by atoms with E-state index in [0.29, 0.717) is 24.7 Å². The molecule has 0 aliphatic carbocycles. The van der Waals surface area contributed by atoms with Crippen LogP contribution in [0.15, 0.2) is 42.5 Å². The van der Waals surface area contributed by atoms with E-state index in [-0.39, 0.29) is 12.5 Å². The number of anilines is 1. The maximum absolute atomic E-state index is 12.1. The molecule has 0 unspecified atom stereocenters. The van der Waals surface area contributed by atoms with E-state index in [0.717, 1.165) is 29.2 Å². The number of benzene rings is 2. The van der Waals surface area contributed by atoms with Crippen molar-refractivity contribution in [1.82, 2.24) is 9.55 Å². The zero-order valence-corrected chi connectivity index (χ0v) is 14.4. The van der Waals surface area contributed by atoms with Gasteiger partial charge in [-0.05, 0) is 42.5 Å². The highest BCUT2D eigenvalue weighted by molar-refractivity contribution is 5.94. The number of methoxy groups -OCH3 is 1. The second-order valence-electron chi connectivity index (χ2n) is 5.95. The molecule has 3 aromatic rings. The summed E-state index contributed by atoms with van der Waals surface area (Å²) in [5.74, 6) is 2.03. The van der Waals surface area contributed by atoms with Gasteiger partial charge in [-0.3, -0.25) is 4.79 Å². The van der Waals surface area contributed by atoms with Crippen molar-refractivity contribution < 1.29 is 19.0 Å². The largest absolute Gasteiger partial charge is 0.497 e. The molecule has 134 valence electrons. The van der Waals surface area contributed by atoms with Gasteiger partial charge in [0.25, 0.3) is 5.91 Å². The third-order valence-electron chi connectivity index (χ3n) is 4.23. The van der Waals surface area contributed by atoms with Gasteiger partial charge in [0.2, 0.25) is 0 Å². The standard InChI is InChI=1S/C19H19N3O4/c1-24-14-3-5-15(6-4-14)26-12-19(23)20-13-2-7-17-16(10-13)21-18-11-25-9-8-22(17)18/h2-7,10H,8-9,11-12H2,1H3,(H,20,23). The maximum Gasteiger partial charge on any atom is 0.262 e. The Morgan fingerprint density at radius 2 is 2.04 bits per heavy atom. The van der Waals surface area contributed by atoms with E-state index in [1.807, 2.05) is 18.2 Å². The molecule has 1 aliphatic heterocycles. The van der Waals surface area contributed by atoms with Crippen LogP contribution in [0.1, 0.15) is 5.82 Å². The number of carbonyl (C=O) groups is 1. The number of nitrogens with one attached hydrogen (secondary N) is 1. The van der Waals surface area contributed by atoms with Crippen LogP contribution >= 0.6 is 0 Å². The lowest BCUT2D eigenvalue weighted by Crippen LogP contribution is -2.20. The molecule has 2 heterocycles. The van der Waals surface area contributed by atoms with Crippen LogP contribution in [0.3, 0.4) is 0 Å². The van der Waals surface area contributed by atoms with E-state index in [1.165, 1.54) is 0 Å². The molecule has 1 aromatic heterocycles. The quantitative estimate of drug-likeness (QED) is 0.763. The number of rotatable bonds is 5. The third-order valence-corrected chi connectivity index (χ3v) is 4.23. The average Bonchev–Trinajstić information content (AvgIpc) is 3.04. The van der Waals surface area contributed by atoms with E-state index in [1.54, 1.807) is 31.4 Å². The van der Waals surface area contributed by atoms with E-state index < -0.39 is 0 Å². The molecule has 4 rings (SSSR count). The summed E-state index contributed by atoms with van der Waals surface area (Å²) in [5.41, 5.74) is 2.59. The Balaban J connectivity index is 1.40. The van der Waals surface area contributed by atoms with Crippen molar-refractivity contribution in [1.29, 1.82) is 0 Å². The van der Waals surface area contributed by atoms with Gasteiger partial charge < -0.3 is 24.1 Å². The van der Waals surface area contributed by atoms with Gasteiger partial charge in [0.05, 0.1) is 24.8 Å². The van der Waals surface area contributed by atoms with Gasteiger partial charge in [0.15, 0.2) is 6.61 Å². The fourth-order valence-corrected chi connectivity index (χ4v) is 2.95. The molecule has 0 spiro atoms. The number of hydrogen-bond acceptors (Lipinski definition) is 5. The van der Waals surface area contributed by atoms with Crippen LogP contribution in [-0.4, -0.2) is 35.8 Å². The first-order valence-corrected chi connectivity index (χ1v) is 8.36. The SMILES string of the molecule is COc1ccc(OCC(=O)Nc2ccc3c(c2)nc2n3CCOC2)cc1. The number of imidazole rings is 1. The highest BCUT2D eigenvalue weighted by Crippen LogP contribution is 2.23. The molecule has 1 N–H and O–H groups in total. The Kier molecular flexibility index (Phi) is 4.45. The van der Waals surface area contributed by atoms with Gasteiger partial charge >= 0.3 is 0 Å². The first-order valence-electron chi connectivity index (χ1n) is 8.36. The second-order valence-corrected chi connectivity index (χ2v) is 5.95. The Bertz CT molecular complexity index is 934. The summed E-state index contributed by atoms with van der Waals surface area (Å²) in [5, 5.41) is 2.84. The minimum Gasteiger partial charge on any atom is -0.497 e. The van der Waals surface area contributed by atoms with Crippen LogP contribution in [0, 0.1) is 0 Å². The van der Waals surface area contributed by atoms with Crippen molar-refractivity contribution in [2.75, 3.05) is 25.6 Å². The Morgan fingerprint density at radius 3 is 2.85 bits per heavy atom. The lowest BCUT2D eigenvalue weighted by atomic mass is 10.2. The Morgan fingerprint density at radius 1 is 1.23 bits per heavy atom. The van der Waals surface area contributed by atoms with Crippen molar-refractivity contribution in [2.24, 2.45) is 0 Å². The van der Waals surface area contributed by atoms with Gasteiger partial charge in [0, 0.05) is 12.2 Å². The van der Waals surface area contributed by atoms with Crippen LogP contribution in [0.5, 0.6) is 11.5 Å². The summed E-state index contributed by atoms with van der Waals surface area (Å²) in [6, 6.07) is 12.8. The number of carbonyl (C=O) groups excluding carboxylic acids is 1. The summed E-state index contributed by atoms with van der Waals surface area (Å²) < 4.78 is 18.2. The minimum atomic E-state index is -0.229. The third kappa shape index (κ3) is 3.34. The molecule has 0 bridgehead atoms. The Labute approximate surface area is 150 Å². The average molecular weight is 353 g/mol. The first-order chi connectivity index (χ1) is 12.7. The molecule has 0 saturated heterocycles. The van der Waals surface area contributed by atoms with Gasteiger partial charge in [-0.15, -0.1) is 0 Å². The highest BCUT2D eigenvalue weighted by Gasteiger charge is 2.15. The molecule has 0 fully saturated rings. The number of fused-ring (bicyclic) bond motifs is 3. The lowest BCUT2D eigenvalue weighted by Gasteiger charge is -2.14. The van der Waals surface area contributed by atoms with E-state index in [2.05, 4.69) is 14.9 Å². The minimum absolute atomic E-state index is 0.0715. The number of nitrogens with zero attached hydrogens (tertiary/aromatic N) is 2. The number of hydrogen-bond donors (Lipinski definition) is 1. The predicted molar refractivity (Wildman–Crippen MR) is 96.5 cm³/mol. The van der Waals surface area contributed by atoms with Crippen LogP contribution in [0.4, 0.5) is 5.69 Å². The van der Waals surface area contributed by atoms with Crippen LogP contribution in [0.25, 0.3) is 11.0 Å². The number of aromatic nitrogens is 2. The molecule has 2 aromatic carbocycles. The highest BCUT2D eigenvalue weighted by atomic mass is 16.5. The molecule has 0 saturated carbocycles. The molecule has 7 nitrogen and oxygen atoms in total. The van der Waals surface area contributed by atoms with Crippen molar-refractivity contribution in [2.45, 2.75) is 13.2 Å². The second kappa shape index (κ2) is 7.05. The number of ether oxygens (including phenoxy) is 3. The van der Waals surface area contributed by atoms with E-state index in [9.17, 15) is 4.79 Å². The lowest BCUT2D eigenvalue weighted by molar-refractivity contribution is -0.118.